The second-order valence-corrected chi connectivity index (χ2v) is 21.8. The molecular formula is C70H119NO8. The number of nitrogens with one attached hydrogen (secondary N) is 1. The summed E-state index contributed by atoms with van der Waals surface area (Å²) in [6, 6.07) is -0.834. The molecule has 0 spiro atoms. The first-order chi connectivity index (χ1) is 38.8. The first-order valence-corrected chi connectivity index (χ1v) is 32.3. The van der Waals surface area contributed by atoms with Gasteiger partial charge in [-0.25, -0.2) is 0 Å². The van der Waals surface area contributed by atoms with Crippen LogP contribution in [0.4, 0.5) is 0 Å². The van der Waals surface area contributed by atoms with Gasteiger partial charge in [0.1, 0.15) is 24.4 Å². The zero-order chi connectivity index (χ0) is 57.2. The molecule has 0 aliphatic carbocycles. The van der Waals surface area contributed by atoms with Gasteiger partial charge in [-0.15, -0.1) is 0 Å². The molecule has 1 fully saturated rings. The van der Waals surface area contributed by atoms with Crippen LogP contribution in [-0.4, -0.2) is 87.5 Å². The second-order valence-electron chi connectivity index (χ2n) is 21.8. The van der Waals surface area contributed by atoms with Crippen LogP contribution in [0.25, 0.3) is 0 Å². The predicted octanol–water partition coefficient (Wildman–Crippen LogP) is 17.1. The van der Waals surface area contributed by atoms with E-state index in [1.54, 1.807) is 6.08 Å². The molecule has 9 heteroatoms. The number of carbonyl (C=O) groups is 1. The van der Waals surface area contributed by atoms with E-state index in [1.807, 2.05) is 6.08 Å². The van der Waals surface area contributed by atoms with Crippen LogP contribution >= 0.6 is 0 Å². The molecule has 1 aliphatic rings. The van der Waals surface area contributed by atoms with Crippen LogP contribution < -0.4 is 5.32 Å². The fourth-order valence-corrected chi connectivity index (χ4v) is 9.50. The first kappa shape index (κ1) is 73.6. The van der Waals surface area contributed by atoms with Crippen molar-refractivity contribution in [2.45, 2.75) is 301 Å². The van der Waals surface area contributed by atoms with Gasteiger partial charge in [-0.05, 0) is 89.9 Å². The van der Waals surface area contributed by atoms with E-state index in [1.165, 1.54) is 135 Å². The van der Waals surface area contributed by atoms with E-state index >= 15 is 0 Å². The molecule has 452 valence electrons. The van der Waals surface area contributed by atoms with Gasteiger partial charge in [0.15, 0.2) is 6.29 Å². The summed E-state index contributed by atoms with van der Waals surface area (Å²) in [5.74, 6) is -0.211. The molecule has 6 N–H and O–H groups in total. The van der Waals surface area contributed by atoms with Crippen LogP contribution in [0.1, 0.15) is 258 Å². The monoisotopic (exact) mass is 1100 g/mol. The third-order valence-corrected chi connectivity index (χ3v) is 14.5. The zero-order valence-corrected chi connectivity index (χ0v) is 50.3. The zero-order valence-electron chi connectivity index (χ0n) is 50.3. The van der Waals surface area contributed by atoms with Gasteiger partial charge >= 0.3 is 0 Å². The third kappa shape index (κ3) is 46.9. The highest BCUT2D eigenvalue weighted by Gasteiger charge is 2.44. The van der Waals surface area contributed by atoms with Crippen LogP contribution in [0.15, 0.2) is 122 Å². The lowest BCUT2D eigenvalue weighted by Crippen LogP contribution is -2.60. The van der Waals surface area contributed by atoms with Crippen LogP contribution in [0, 0.1) is 0 Å². The number of rotatable bonds is 54. The number of ether oxygens (including phenoxy) is 2. The molecule has 1 rings (SSSR count). The summed E-state index contributed by atoms with van der Waals surface area (Å²) in [4.78, 5) is 13.1. The highest BCUT2D eigenvalue weighted by atomic mass is 16.7. The van der Waals surface area contributed by atoms with Crippen LogP contribution in [0.2, 0.25) is 0 Å². The van der Waals surface area contributed by atoms with Crippen molar-refractivity contribution in [2.24, 2.45) is 0 Å². The molecule has 7 unspecified atom stereocenters. The van der Waals surface area contributed by atoms with Crippen molar-refractivity contribution < 1.29 is 39.8 Å². The lowest BCUT2D eigenvalue weighted by Gasteiger charge is -2.40. The Morgan fingerprint density at radius 2 is 0.785 bits per heavy atom. The van der Waals surface area contributed by atoms with Crippen LogP contribution in [-0.2, 0) is 14.3 Å². The lowest BCUT2D eigenvalue weighted by molar-refractivity contribution is -0.302. The van der Waals surface area contributed by atoms with E-state index in [0.717, 1.165) is 96.3 Å². The molecule has 1 heterocycles. The van der Waals surface area contributed by atoms with E-state index in [9.17, 15) is 30.3 Å². The van der Waals surface area contributed by atoms with Crippen molar-refractivity contribution in [1.29, 1.82) is 0 Å². The molecule has 0 saturated carbocycles. The number of carbonyl (C=O) groups excluding carboxylic acids is 1. The summed E-state index contributed by atoms with van der Waals surface area (Å²) < 4.78 is 11.3. The molecule has 1 amide bonds. The molecule has 9 nitrogen and oxygen atoms in total. The van der Waals surface area contributed by atoms with E-state index in [-0.39, 0.29) is 12.5 Å². The number of hydrogen-bond acceptors (Lipinski definition) is 8. The van der Waals surface area contributed by atoms with Gasteiger partial charge in [0.05, 0.1) is 25.4 Å². The summed E-state index contributed by atoms with van der Waals surface area (Å²) in [6.07, 6.45) is 79.9. The predicted molar refractivity (Wildman–Crippen MR) is 336 cm³/mol. The SMILES string of the molecule is CC/C=C\C/C=C\C/C=C\C/C=C\C/C=C\C/C=C\C/C=C\C/C=C\C/C=C\CCCCCC(=O)NC(COC1OC(CO)C(O)C(O)C1O)C(O)/C=C/CCCCCCCCCCCCCCCCCCCCCCCCC. The van der Waals surface area contributed by atoms with E-state index in [0.29, 0.717) is 12.8 Å². The van der Waals surface area contributed by atoms with Crippen molar-refractivity contribution in [3.8, 4) is 0 Å². The Morgan fingerprint density at radius 1 is 0.443 bits per heavy atom. The van der Waals surface area contributed by atoms with Gasteiger partial charge in [0.25, 0.3) is 0 Å². The fourth-order valence-electron chi connectivity index (χ4n) is 9.50. The highest BCUT2D eigenvalue weighted by molar-refractivity contribution is 5.76. The molecule has 0 aromatic carbocycles. The second kappa shape index (κ2) is 57.8. The maximum atomic E-state index is 13.1. The van der Waals surface area contributed by atoms with Crippen LogP contribution in [0.5, 0.6) is 0 Å². The third-order valence-electron chi connectivity index (χ3n) is 14.5. The minimum Gasteiger partial charge on any atom is -0.394 e. The van der Waals surface area contributed by atoms with Crippen molar-refractivity contribution in [3.63, 3.8) is 0 Å². The summed E-state index contributed by atoms with van der Waals surface area (Å²) >= 11 is 0. The van der Waals surface area contributed by atoms with Crippen molar-refractivity contribution >= 4 is 5.91 Å². The molecular weight excluding hydrogens is 983 g/mol. The molecule has 0 aromatic heterocycles. The first-order valence-electron chi connectivity index (χ1n) is 32.3. The van der Waals surface area contributed by atoms with Crippen molar-refractivity contribution in [1.82, 2.24) is 5.32 Å². The largest absolute Gasteiger partial charge is 0.394 e. The van der Waals surface area contributed by atoms with Gasteiger partial charge in [-0.2, -0.15) is 0 Å². The lowest BCUT2D eigenvalue weighted by atomic mass is 9.99. The van der Waals surface area contributed by atoms with E-state index < -0.39 is 49.5 Å². The Kier molecular flexibility index (Phi) is 53.9. The van der Waals surface area contributed by atoms with Gasteiger partial charge in [-0.3, -0.25) is 4.79 Å². The Bertz CT molecular complexity index is 1660. The normalized spacial score (nSPS) is 19.4. The number of aliphatic hydroxyl groups excluding tert-OH is 5. The number of amides is 1. The molecule has 0 radical (unpaired) electrons. The maximum absolute atomic E-state index is 13.1. The molecule has 1 saturated heterocycles. The average Bonchev–Trinajstić information content (AvgIpc) is 3.47. The Balaban J connectivity index is 2.24. The Hall–Kier alpha value is -3.41. The van der Waals surface area contributed by atoms with Crippen LogP contribution in [0.3, 0.4) is 0 Å². The van der Waals surface area contributed by atoms with Gasteiger partial charge in [0.2, 0.25) is 5.91 Å². The number of aliphatic hydroxyl groups is 5. The number of hydrogen-bond donors (Lipinski definition) is 6. The minimum atomic E-state index is -1.58. The standard InChI is InChI=1S/C70H119NO8/c1-3-5-7-9-11-13-15-17-19-21-23-25-27-29-30-31-32-33-34-36-38-40-42-44-46-48-50-52-54-56-58-60-66(74)71-63(62-78-70-69(77)68(76)67(75)65(61-72)79-70)64(73)59-57-55-53-51-49-47-45-43-41-39-37-35-28-26-24-22-20-18-16-14-12-10-8-6-4-2/h5,7,11,13,17,19,23,25,29-30,32-33,36,38,42,44,48,50,57,59,63-65,67-70,72-73,75-77H,3-4,6,8-10,12,14-16,18,20-22,24,26-28,31,34-35,37,39-41,43,45-47,49,51-56,58,60-62H2,1-2H3,(H,71,74)/b7-5-,13-11-,19-17-,25-23-,30-29-,33-32-,38-36-,44-42-,50-48-,59-57+. The summed E-state index contributed by atoms with van der Waals surface area (Å²) in [7, 11) is 0. The van der Waals surface area contributed by atoms with Crippen molar-refractivity contribution in [2.75, 3.05) is 13.2 Å². The van der Waals surface area contributed by atoms with E-state index in [2.05, 4.69) is 129 Å². The maximum Gasteiger partial charge on any atom is 0.220 e. The number of allylic oxidation sites excluding steroid dienone is 19. The number of unbranched alkanes of at least 4 members (excludes halogenated alkanes) is 26. The molecule has 79 heavy (non-hydrogen) atoms. The quantitative estimate of drug-likeness (QED) is 0.0261. The summed E-state index contributed by atoms with van der Waals surface area (Å²) in [5, 5.41) is 54.6. The molecule has 1 aliphatic heterocycles. The summed E-state index contributed by atoms with van der Waals surface area (Å²) in [6.45, 7) is 3.66. The van der Waals surface area contributed by atoms with E-state index in [4.69, 9.17) is 9.47 Å². The Morgan fingerprint density at radius 3 is 1.16 bits per heavy atom. The molecule has 0 aromatic rings. The molecule has 0 bridgehead atoms. The molecule has 7 atom stereocenters. The highest BCUT2D eigenvalue weighted by Crippen LogP contribution is 2.23. The topological polar surface area (TPSA) is 149 Å². The van der Waals surface area contributed by atoms with Gasteiger partial charge in [-0.1, -0.05) is 283 Å². The Labute approximate surface area is 484 Å². The fraction of sp³-hybridized carbons (Fsp3) is 0.700. The smallest absolute Gasteiger partial charge is 0.220 e. The van der Waals surface area contributed by atoms with Gasteiger partial charge < -0.3 is 40.3 Å². The minimum absolute atomic E-state index is 0.209. The van der Waals surface area contributed by atoms with Gasteiger partial charge in [0, 0.05) is 6.42 Å². The van der Waals surface area contributed by atoms with Crippen molar-refractivity contribution in [3.05, 3.63) is 122 Å². The summed E-state index contributed by atoms with van der Waals surface area (Å²) in [5.41, 5.74) is 0. The average molecular weight is 1100 g/mol.